The summed E-state index contributed by atoms with van der Waals surface area (Å²) in [5.74, 6) is -2.31. The smallest absolute Gasteiger partial charge is 0.303 e. The largest absolute Gasteiger partial charge is 0.481 e. The molecule has 0 aromatic carbocycles. The number of allylic oxidation sites excluding steroid dienone is 2. The van der Waals surface area contributed by atoms with Gasteiger partial charge < -0.3 is 20.4 Å². The molecule has 0 aliphatic heterocycles. The fraction of sp³-hybridized carbons (Fsp3) is 0.833. The minimum Gasteiger partial charge on any atom is -0.481 e. The lowest BCUT2D eigenvalue weighted by molar-refractivity contribution is -0.138. The van der Waals surface area contributed by atoms with Gasteiger partial charge in [0.15, 0.2) is 0 Å². The fourth-order valence-corrected chi connectivity index (χ4v) is 5.93. The van der Waals surface area contributed by atoms with E-state index in [0.717, 1.165) is 141 Å². The number of hydrogen-bond donors (Lipinski definition) is 4. The van der Waals surface area contributed by atoms with Crippen LogP contribution < -0.4 is 0 Å². The summed E-state index contributed by atoms with van der Waals surface area (Å²) >= 11 is 0. The summed E-state index contributed by atoms with van der Waals surface area (Å²) in [5, 5.41) is 35.4. The predicted octanol–water partition coefficient (Wildman–Crippen LogP) is 10.2. The average molecular weight is 625 g/mol. The van der Waals surface area contributed by atoms with Crippen molar-refractivity contribution in [2.45, 2.75) is 186 Å². The number of unbranched alkanes of at least 4 members (excludes halogenated alkanes) is 18. The molecule has 4 N–H and O–H groups in total. The third-order valence-electron chi connectivity index (χ3n) is 8.52. The minimum absolute atomic E-state index is 0.249. The van der Waals surface area contributed by atoms with Crippen LogP contribution in [-0.2, 0) is 19.2 Å². The van der Waals surface area contributed by atoms with Crippen LogP contribution in [0, 0.1) is 5.92 Å². The van der Waals surface area contributed by atoms with E-state index in [2.05, 4.69) is 6.08 Å². The minimum atomic E-state index is -0.720. The van der Waals surface area contributed by atoms with E-state index in [-0.39, 0.29) is 25.7 Å². The molecule has 0 spiro atoms. The van der Waals surface area contributed by atoms with Gasteiger partial charge in [-0.05, 0) is 70.1 Å². The number of carbonyl (C=O) groups is 4. The zero-order chi connectivity index (χ0) is 32.7. The van der Waals surface area contributed by atoms with Crippen LogP contribution in [0.1, 0.15) is 186 Å². The Morgan fingerprint density at radius 1 is 0.364 bits per heavy atom. The molecule has 0 aliphatic rings. The lowest BCUT2D eigenvalue weighted by atomic mass is 9.84. The van der Waals surface area contributed by atoms with Crippen molar-refractivity contribution < 1.29 is 39.6 Å². The van der Waals surface area contributed by atoms with Gasteiger partial charge in [0.25, 0.3) is 0 Å². The molecule has 0 amide bonds. The van der Waals surface area contributed by atoms with Crippen LogP contribution in [0.25, 0.3) is 0 Å². The van der Waals surface area contributed by atoms with Gasteiger partial charge in [-0.2, -0.15) is 0 Å². The van der Waals surface area contributed by atoms with Crippen molar-refractivity contribution in [1.29, 1.82) is 0 Å². The highest BCUT2D eigenvalue weighted by molar-refractivity contribution is 5.67. The van der Waals surface area contributed by atoms with Gasteiger partial charge in [0.1, 0.15) is 0 Å². The van der Waals surface area contributed by atoms with Gasteiger partial charge in [-0.1, -0.05) is 108 Å². The molecule has 0 aromatic heterocycles. The second-order valence-electron chi connectivity index (χ2n) is 12.6. The van der Waals surface area contributed by atoms with Crippen molar-refractivity contribution >= 4 is 23.9 Å². The van der Waals surface area contributed by atoms with Crippen LogP contribution in [0.4, 0.5) is 0 Å². The van der Waals surface area contributed by atoms with Crippen LogP contribution in [0.15, 0.2) is 11.6 Å². The molecule has 44 heavy (non-hydrogen) atoms. The first-order chi connectivity index (χ1) is 21.2. The summed E-state index contributed by atoms with van der Waals surface area (Å²) in [6.45, 7) is 0. The highest BCUT2D eigenvalue weighted by Crippen LogP contribution is 2.30. The fourth-order valence-electron chi connectivity index (χ4n) is 5.93. The standard InChI is InChI=1S/C36H64O8/c37-33(38)27-19-11-3-1-7-15-23-31(25-17-9-5-13-21-29-35(41)42)32(26-18-10-6-14-22-30-36(43)44)24-16-8-2-4-12-20-28-34(39)40/h23,32H,1-22,24-30H2,(H,37,38)(H,39,40)(H,41,42)(H,43,44)/b31-23-. The van der Waals surface area contributed by atoms with Crippen molar-refractivity contribution in [3.8, 4) is 0 Å². The number of rotatable bonds is 34. The molecule has 0 fully saturated rings. The molecule has 0 saturated heterocycles. The van der Waals surface area contributed by atoms with Gasteiger partial charge in [-0.15, -0.1) is 0 Å². The summed E-state index contributed by atoms with van der Waals surface area (Å²) in [6, 6.07) is 0. The predicted molar refractivity (Wildman–Crippen MR) is 176 cm³/mol. The Morgan fingerprint density at radius 3 is 0.977 bits per heavy atom. The molecular formula is C36H64O8. The maximum absolute atomic E-state index is 10.8. The third kappa shape index (κ3) is 31.1. The van der Waals surface area contributed by atoms with Gasteiger partial charge in [0, 0.05) is 25.7 Å². The van der Waals surface area contributed by atoms with E-state index in [1.54, 1.807) is 5.57 Å². The van der Waals surface area contributed by atoms with Crippen molar-refractivity contribution in [3.05, 3.63) is 11.6 Å². The number of hydrogen-bond acceptors (Lipinski definition) is 4. The summed E-state index contributed by atoms with van der Waals surface area (Å²) < 4.78 is 0. The topological polar surface area (TPSA) is 149 Å². The third-order valence-corrected chi connectivity index (χ3v) is 8.52. The van der Waals surface area contributed by atoms with Crippen LogP contribution >= 0.6 is 0 Å². The van der Waals surface area contributed by atoms with Gasteiger partial charge in [-0.25, -0.2) is 0 Å². The van der Waals surface area contributed by atoms with Gasteiger partial charge in [-0.3, -0.25) is 19.2 Å². The van der Waals surface area contributed by atoms with Crippen molar-refractivity contribution in [3.63, 3.8) is 0 Å². The maximum atomic E-state index is 10.8. The van der Waals surface area contributed by atoms with E-state index in [1.165, 1.54) is 19.3 Å². The zero-order valence-corrected chi connectivity index (χ0v) is 27.6. The van der Waals surface area contributed by atoms with E-state index in [1.807, 2.05) is 0 Å². The average Bonchev–Trinajstić information content (AvgIpc) is 2.96. The van der Waals surface area contributed by atoms with Gasteiger partial charge >= 0.3 is 23.9 Å². The number of aliphatic carboxylic acids is 4. The van der Waals surface area contributed by atoms with E-state index in [0.29, 0.717) is 5.92 Å². The Hall–Kier alpha value is -2.38. The van der Waals surface area contributed by atoms with E-state index in [9.17, 15) is 19.2 Å². The van der Waals surface area contributed by atoms with Crippen LogP contribution in [0.3, 0.4) is 0 Å². The molecule has 0 rings (SSSR count). The highest BCUT2D eigenvalue weighted by atomic mass is 16.4. The lowest BCUT2D eigenvalue weighted by Gasteiger charge is -2.22. The molecule has 8 heteroatoms. The summed E-state index contributed by atoms with van der Waals surface area (Å²) in [4.78, 5) is 43.0. The normalized spacial score (nSPS) is 12.3. The number of carboxylic acid groups (broad SMARTS) is 4. The molecule has 0 radical (unpaired) electrons. The van der Waals surface area contributed by atoms with Gasteiger partial charge in [0.2, 0.25) is 0 Å². The van der Waals surface area contributed by atoms with Crippen LogP contribution in [-0.4, -0.2) is 44.3 Å². The molecule has 1 atom stereocenters. The Balaban J connectivity index is 4.98. The Bertz CT molecular complexity index is 776. The Morgan fingerprint density at radius 2 is 0.636 bits per heavy atom. The monoisotopic (exact) mass is 624 g/mol. The molecule has 256 valence electrons. The molecule has 8 nitrogen and oxygen atoms in total. The molecule has 0 heterocycles. The molecule has 0 saturated carbocycles. The second-order valence-corrected chi connectivity index (χ2v) is 12.6. The SMILES string of the molecule is O=C(O)CCCCCCC/C=C(/CCCCCCCC(=O)O)C(CCCCCCCCC(=O)O)CCCCCCCC(=O)O. The maximum Gasteiger partial charge on any atom is 0.303 e. The molecule has 1 unspecified atom stereocenters. The van der Waals surface area contributed by atoms with Crippen LogP contribution in [0.5, 0.6) is 0 Å². The first-order valence-corrected chi connectivity index (χ1v) is 17.8. The highest BCUT2D eigenvalue weighted by Gasteiger charge is 2.14. The molecule has 0 bridgehead atoms. The first-order valence-electron chi connectivity index (χ1n) is 17.8. The lowest BCUT2D eigenvalue weighted by Crippen LogP contribution is -2.06. The Kier molecular flexibility index (Phi) is 29.0. The number of carboxylic acids is 4. The summed E-state index contributed by atoms with van der Waals surface area (Å²) in [6.07, 6.45) is 29.5. The molecule has 0 aliphatic carbocycles. The van der Waals surface area contributed by atoms with E-state index >= 15 is 0 Å². The first kappa shape index (κ1) is 41.6. The van der Waals surface area contributed by atoms with Crippen molar-refractivity contribution in [1.82, 2.24) is 0 Å². The summed E-state index contributed by atoms with van der Waals surface area (Å²) in [7, 11) is 0. The van der Waals surface area contributed by atoms with E-state index < -0.39 is 23.9 Å². The van der Waals surface area contributed by atoms with Crippen LogP contribution in [0.2, 0.25) is 0 Å². The van der Waals surface area contributed by atoms with Gasteiger partial charge in [0.05, 0.1) is 0 Å². The quantitative estimate of drug-likeness (QED) is 0.0408. The molecular weight excluding hydrogens is 560 g/mol. The second kappa shape index (κ2) is 30.6. The summed E-state index contributed by atoms with van der Waals surface area (Å²) in [5.41, 5.74) is 1.58. The zero-order valence-electron chi connectivity index (χ0n) is 27.6. The Labute approximate surface area is 267 Å². The van der Waals surface area contributed by atoms with Crippen molar-refractivity contribution in [2.24, 2.45) is 5.92 Å². The van der Waals surface area contributed by atoms with Crippen molar-refractivity contribution in [2.75, 3.05) is 0 Å². The van der Waals surface area contributed by atoms with E-state index in [4.69, 9.17) is 20.4 Å². The molecule has 0 aromatic rings.